The van der Waals surface area contributed by atoms with Gasteiger partial charge in [0.15, 0.2) is 16.6 Å². The largest absolute Gasteiger partial charge is 0.546 e. The van der Waals surface area contributed by atoms with Crippen LogP contribution in [0.15, 0.2) is 30.4 Å². The number of likely N-dealkylation sites (N-methyl/N-ethyl adjacent to an activating group) is 1. The molecule has 1 aliphatic heterocycles. The summed E-state index contributed by atoms with van der Waals surface area (Å²) in [7, 11) is 1.46. The summed E-state index contributed by atoms with van der Waals surface area (Å²) in [5.74, 6) is -1.99. The first-order chi connectivity index (χ1) is 13.3. The lowest BCUT2D eigenvalue weighted by atomic mass is 10.0. The van der Waals surface area contributed by atoms with Crippen LogP contribution in [0.4, 0.5) is 0 Å². The van der Waals surface area contributed by atoms with Gasteiger partial charge in [-0.2, -0.15) is 0 Å². The molecule has 9 heteroatoms. The summed E-state index contributed by atoms with van der Waals surface area (Å²) in [6, 6.07) is 3.22. The van der Waals surface area contributed by atoms with Crippen LogP contribution in [0.2, 0.25) is 0 Å². The molecule has 0 atom stereocenters. The monoisotopic (exact) mass is 403 g/mol. The third kappa shape index (κ3) is 4.74. The zero-order valence-corrected chi connectivity index (χ0v) is 16.3. The van der Waals surface area contributed by atoms with Crippen molar-refractivity contribution in [1.29, 1.82) is 0 Å². The molecule has 8 nitrogen and oxygen atoms in total. The Kier molecular flexibility index (Phi) is 6.89. The molecule has 1 saturated heterocycles. The highest BCUT2D eigenvalue weighted by molar-refractivity contribution is 7.80. The lowest BCUT2D eigenvalue weighted by Gasteiger charge is -2.25. The molecular formula is C19H19N2O6S-. The Morgan fingerprint density at radius 1 is 1.36 bits per heavy atom. The Hall–Kier alpha value is -3.20. The van der Waals surface area contributed by atoms with Gasteiger partial charge in [0.1, 0.15) is 12.2 Å². The lowest BCUT2D eigenvalue weighted by Crippen LogP contribution is -2.52. The molecule has 2 rings (SSSR count). The number of rotatable bonds is 8. The standard InChI is InChI=1S/C19H20N2O6S/c1-4-6-12-7-11(8-13-17(24)20-19(28)21(3)18(13)25)9-14(26-5-2)16(12)27-10-15(22)23/h4,7-9H,1,5-6,10H2,2-3H3,(H,22,23)(H,20,24,28)/p-1/b13-8+. The quantitative estimate of drug-likeness (QED) is 0.286. The number of amides is 2. The number of carboxylic acid groups (broad SMARTS) is 1. The molecule has 1 aliphatic rings. The van der Waals surface area contributed by atoms with E-state index in [1.165, 1.54) is 13.1 Å². The van der Waals surface area contributed by atoms with Gasteiger partial charge in [-0.05, 0) is 49.3 Å². The van der Waals surface area contributed by atoms with E-state index in [0.717, 1.165) is 4.90 Å². The van der Waals surface area contributed by atoms with Crippen molar-refractivity contribution >= 4 is 41.2 Å². The number of carbonyl (C=O) groups excluding carboxylic acids is 3. The maximum Gasteiger partial charge on any atom is 0.265 e. The summed E-state index contributed by atoms with van der Waals surface area (Å²) in [6.45, 7) is 5.09. The van der Waals surface area contributed by atoms with Crippen LogP contribution in [0, 0.1) is 0 Å². The van der Waals surface area contributed by atoms with Crippen molar-refractivity contribution < 1.29 is 29.0 Å². The number of nitrogens with one attached hydrogen (secondary N) is 1. The van der Waals surface area contributed by atoms with E-state index < -0.39 is 24.4 Å². The van der Waals surface area contributed by atoms with E-state index in [1.54, 1.807) is 25.1 Å². The number of nitrogens with zero attached hydrogens (tertiary/aromatic N) is 1. The Labute approximate surface area is 167 Å². The molecular weight excluding hydrogens is 384 g/mol. The first kappa shape index (κ1) is 21.1. The van der Waals surface area contributed by atoms with Gasteiger partial charge in [0.25, 0.3) is 11.8 Å². The summed E-state index contributed by atoms with van der Waals surface area (Å²) in [6.07, 6.45) is 3.37. The number of carbonyl (C=O) groups is 3. The van der Waals surface area contributed by atoms with Crippen molar-refractivity contribution in [2.45, 2.75) is 13.3 Å². The number of benzene rings is 1. The highest BCUT2D eigenvalue weighted by Crippen LogP contribution is 2.35. The number of ether oxygens (including phenoxy) is 2. The van der Waals surface area contributed by atoms with Crippen LogP contribution in [0.5, 0.6) is 11.5 Å². The number of allylic oxidation sites excluding steroid dienone is 1. The van der Waals surface area contributed by atoms with Crippen LogP contribution in [-0.2, 0) is 20.8 Å². The highest BCUT2D eigenvalue weighted by atomic mass is 32.1. The fourth-order valence-electron chi connectivity index (χ4n) is 2.54. The van der Waals surface area contributed by atoms with Crippen LogP contribution in [-0.4, -0.2) is 48.1 Å². The summed E-state index contributed by atoms with van der Waals surface area (Å²) in [4.78, 5) is 36.5. The minimum absolute atomic E-state index is 0.0283. The van der Waals surface area contributed by atoms with Crippen molar-refractivity contribution in [2.24, 2.45) is 0 Å². The van der Waals surface area contributed by atoms with Crippen molar-refractivity contribution in [3.05, 3.63) is 41.5 Å². The van der Waals surface area contributed by atoms with Gasteiger partial charge in [0, 0.05) is 12.6 Å². The molecule has 2 amide bonds. The van der Waals surface area contributed by atoms with E-state index in [0.29, 0.717) is 24.2 Å². The third-order valence-electron chi connectivity index (χ3n) is 3.77. The molecule has 0 spiro atoms. The van der Waals surface area contributed by atoms with Crippen LogP contribution >= 0.6 is 12.2 Å². The van der Waals surface area contributed by atoms with E-state index in [4.69, 9.17) is 21.7 Å². The molecule has 1 aromatic carbocycles. The number of aliphatic carboxylic acids is 1. The van der Waals surface area contributed by atoms with Gasteiger partial charge >= 0.3 is 0 Å². The van der Waals surface area contributed by atoms with Crippen LogP contribution in [0.3, 0.4) is 0 Å². The zero-order chi connectivity index (χ0) is 20.8. The number of carboxylic acids is 1. The topological polar surface area (TPSA) is 108 Å². The fourth-order valence-corrected chi connectivity index (χ4v) is 2.72. The second-order valence-electron chi connectivity index (χ2n) is 5.78. The van der Waals surface area contributed by atoms with Gasteiger partial charge in [-0.25, -0.2) is 0 Å². The van der Waals surface area contributed by atoms with Crippen LogP contribution in [0.1, 0.15) is 18.1 Å². The van der Waals surface area contributed by atoms with Gasteiger partial charge in [-0.1, -0.05) is 6.08 Å². The summed E-state index contributed by atoms with van der Waals surface area (Å²) in [5.41, 5.74) is 0.994. The predicted octanol–water partition coefficient (Wildman–Crippen LogP) is 0.199. The predicted molar refractivity (Wildman–Crippen MR) is 104 cm³/mol. The van der Waals surface area contributed by atoms with E-state index in [-0.39, 0.29) is 22.2 Å². The Bertz CT molecular complexity index is 877. The molecule has 1 fully saturated rings. The van der Waals surface area contributed by atoms with E-state index in [1.807, 2.05) is 0 Å². The van der Waals surface area contributed by atoms with Crippen molar-refractivity contribution in [1.82, 2.24) is 10.2 Å². The van der Waals surface area contributed by atoms with E-state index in [2.05, 4.69) is 11.9 Å². The average molecular weight is 403 g/mol. The molecule has 0 radical (unpaired) electrons. The van der Waals surface area contributed by atoms with Crippen molar-refractivity contribution in [3.63, 3.8) is 0 Å². The van der Waals surface area contributed by atoms with E-state index in [9.17, 15) is 19.5 Å². The Morgan fingerprint density at radius 3 is 2.68 bits per heavy atom. The van der Waals surface area contributed by atoms with Gasteiger partial charge in [-0.15, -0.1) is 6.58 Å². The van der Waals surface area contributed by atoms with Crippen molar-refractivity contribution in [2.75, 3.05) is 20.3 Å². The molecule has 0 bridgehead atoms. The first-order valence-electron chi connectivity index (χ1n) is 8.36. The maximum absolute atomic E-state index is 12.4. The Morgan fingerprint density at radius 2 is 2.07 bits per heavy atom. The van der Waals surface area contributed by atoms with Crippen LogP contribution < -0.4 is 19.9 Å². The summed E-state index contributed by atoms with van der Waals surface area (Å²) < 4.78 is 10.9. The molecule has 0 unspecified atom stereocenters. The van der Waals surface area contributed by atoms with Crippen LogP contribution in [0.25, 0.3) is 6.08 Å². The molecule has 28 heavy (non-hydrogen) atoms. The minimum Gasteiger partial charge on any atom is -0.546 e. The third-order valence-corrected chi connectivity index (χ3v) is 4.14. The number of hydrogen-bond donors (Lipinski definition) is 1. The molecule has 0 aromatic heterocycles. The molecule has 1 aromatic rings. The van der Waals surface area contributed by atoms with Gasteiger partial charge < -0.3 is 19.4 Å². The molecule has 1 heterocycles. The Balaban J connectivity index is 2.53. The average Bonchev–Trinajstić information content (AvgIpc) is 2.63. The number of hydrogen-bond acceptors (Lipinski definition) is 7. The smallest absolute Gasteiger partial charge is 0.265 e. The van der Waals surface area contributed by atoms with E-state index >= 15 is 0 Å². The first-order valence-corrected chi connectivity index (χ1v) is 8.77. The second-order valence-corrected chi connectivity index (χ2v) is 6.16. The molecule has 0 saturated carbocycles. The molecule has 1 N–H and O–H groups in total. The molecule has 0 aliphatic carbocycles. The lowest BCUT2D eigenvalue weighted by molar-refractivity contribution is -0.307. The fraction of sp³-hybridized carbons (Fsp3) is 0.263. The summed E-state index contributed by atoms with van der Waals surface area (Å²) in [5, 5.41) is 13.2. The zero-order valence-electron chi connectivity index (χ0n) is 15.4. The normalized spacial score (nSPS) is 15.4. The van der Waals surface area contributed by atoms with Gasteiger partial charge in [-0.3, -0.25) is 19.8 Å². The van der Waals surface area contributed by atoms with Gasteiger partial charge in [0.05, 0.1) is 12.6 Å². The SMILES string of the molecule is C=CCc1cc(/C=C2\C(=O)NC(=S)N(C)C2=O)cc(OCC)c1OCC(=O)[O-]. The number of thiocarbonyl (C=S) groups is 1. The molecule has 148 valence electrons. The van der Waals surface area contributed by atoms with Crippen molar-refractivity contribution in [3.8, 4) is 11.5 Å². The second kappa shape index (κ2) is 9.14. The van der Waals surface area contributed by atoms with Gasteiger partial charge in [0.2, 0.25) is 0 Å². The minimum atomic E-state index is -1.37. The highest BCUT2D eigenvalue weighted by Gasteiger charge is 2.30. The summed E-state index contributed by atoms with van der Waals surface area (Å²) >= 11 is 4.92. The maximum atomic E-state index is 12.4.